The van der Waals surface area contributed by atoms with Crippen LogP contribution in [-0.4, -0.2) is 32.2 Å². The fourth-order valence-electron chi connectivity index (χ4n) is 1.47. The summed E-state index contributed by atoms with van der Waals surface area (Å²) in [7, 11) is 0. The van der Waals surface area contributed by atoms with Gasteiger partial charge in [0, 0.05) is 26.1 Å². The lowest BCUT2D eigenvalue weighted by Crippen LogP contribution is -2.37. The van der Waals surface area contributed by atoms with Crippen molar-refractivity contribution in [2.24, 2.45) is 4.99 Å². The lowest BCUT2D eigenvalue weighted by molar-refractivity contribution is 0.313. The Bertz CT molecular complexity index is 382. The van der Waals surface area contributed by atoms with Crippen LogP contribution in [0.3, 0.4) is 0 Å². The standard InChI is InChI=1S/C15H23N3O.HI/c1-3-11-17-15(16-4-2)18-12-8-13-19-14-9-6-5-7-10-14;/h3,5-7,9-10H,1,4,8,11-13H2,2H3,(H2,16,17,18);1H. The van der Waals surface area contributed by atoms with E-state index in [1.807, 2.05) is 43.3 Å². The highest BCUT2D eigenvalue weighted by atomic mass is 127. The van der Waals surface area contributed by atoms with Crippen molar-refractivity contribution in [3.63, 3.8) is 0 Å². The number of rotatable bonds is 8. The molecular formula is C15H24IN3O. The van der Waals surface area contributed by atoms with Crippen molar-refractivity contribution >= 4 is 29.9 Å². The summed E-state index contributed by atoms with van der Waals surface area (Å²) < 4.78 is 5.60. The average Bonchev–Trinajstić information content (AvgIpc) is 2.45. The zero-order valence-electron chi connectivity index (χ0n) is 12.0. The third-order valence-electron chi connectivity index (χ3n) is 2.34. The van der Waals surface area contributed by atoms with Crippen LogP contribution in [0.25, 0.3) is 0 Å². The maximum atomic E-state index is 5.60. The van der Waals surface area contributed by atoms with Gasteiger partial charge < -0.3 is 15.4 Å². The van der Waals surface area contributed by atoms with Crippen LogP contribution in [0.2, 0.25) is 0 Å². The first-order valence-corrected chi connectivity index (χ1v) is 6.67. The van der Waals surface area contributed by atoms with Gasteiger partial charge in [0.15, 0.2) is 5.96 Å². The van der Waals surface area contributed by atoms with Gasteiger partial charge in [-0.15, -0.1) is 30.6 Å². The Kier molecular flexibility index (Phi) is 12.0. The molecule has 0 aliphatic carbocycles. The molecule has 2 N–H and O–H groups in total. The largest absolute Gasteiger partial charge is 0.494 e. The molecule has 0 heterocycles. The Labute approximate surface area is 138 Å². The summed E-state index contributed by atoms with van der Waals surface area (Å²) >= 11 is 0. The molecule has 0 fully saturated rings. The Morgan fingerprint density at radius 2 is 2.05 bits per heavy atom. The van der Waals surface area contributed by atoms with Gasteiger partial charge in [0.25, 0.3) is 0 Å². The van der Waals surface area contributed by atoms with Gasteiger partial charge in [-0.25, -0.2) is 0 Å². The molecule has 0 aliphatic heterocycles. The molecular weight excluding hydrogens is 365 g/mol. The van der Waals surface area contributed by atoms with Crippen LogP contribution >= 0.6 is 24.0 Å². The van der Waals surface area contributed by atoms with Gasteiger partial charge in [0.2, 0.25) is 0 Å². The summed E-state index contributed by atoms with van der Waals surface area (Å²) in [5.74, 6) is 1.73. The van der Waals surface area contributed by atoms with Crippen molar-refractivity contribution in [2.45, 2.75) is 13.3 Å². The van der Waals surface area contributed by atoms with Gasteiger partial charge in [0.1, 0.15) is 5.75 Å². The fraction of sp³-hybridized carbons (Fsp3) is 0.400. The highest BCUT2D eigenvalue weighted by Gasteiger charge is 1.95. The molecule has 0 radical (unpaired) electrons. The van der Waals surface area contributed by atoms with Gasteiger partial charge in [-0.05, 0) is 19.1 Å². The molecule has 0 saturated heterocycles. The topological polar surface area (TPSA) is 45.7 Å². The zero-order valence-corrected chi connectivity index (χ0v) is 14.3. The van der Waals surface area contributed by atoms with Gasteiger partial charge in [-0.2, -0.15) is 0 Å². The maximum absolute atomic E-state index is 5.60. The van der Waals surface area contributed by atoms with Crippen LogP contribution in [-0.2, 0) is 0 Å². The monoisotopic (exact) mass is 389 g/mol. The second kappa shape index (κ2) is 12.8. The van der Waals surface area contributed by atoms with E-state index in [4.69, 9.17) is 4.74 Å². The Morgan fingerprint density at radius 1 is 1.30 bits per heavy atom. The fourth-order valence-corrected chi connectivity index (χ4v) is 1.47. The van der Waals surface area contributed by atoms with Crippen molar-refractivity contribution < 1.29 is 4.74 Å². The molecule has 0 amide bonds. The van der Waals surface area contributed by atoms with Crippen LogP contribution in [0.5, 0.6) is 5.75 Å². The van der Waals surface area contributed by atoms with Gasteiger partial charge in [0.05, 0.1) is 6.61 Å². The van der Waals surface area contributed by atoms with E-state index >= 15 is 0 Å². The van der Waals surface area contributed by atoms with Crippen molar-refractivity contribution in [3.8, 4) is 5.75 Å². The predicted octanol–water partition coefficient (Wildman–Crippen LogP) is 2.81. The summed E-state index contributed by atoms with van der Waals surface area (Å²) in [4.78, 5) is 4.45. The molecule has 4 nitrogen and oxygen atoms in total. The number of hydrogen-bond donors (Lipinski definition) is 2. The number of halogens is 1. The Hall–Kier alpha value is -1.24. The molecule has 0 atom stereocenters. The van der Waals surface area contributed by atoms with Gasteiger partial charge in [-0.1, -0.05) is 24.3 Å². The molecule has 112 valence electrons. The van der Waals surface area contributed by atoms with E-state index in [1.165, 1.54) is 0 Å². The van der Waals surface area contributed by atoms with E-state index in [9.17, 15) is 0 Å². The second-order valence-electron chi connectivity index (χ2n) is 3.95. The van der Waals surface area contributed by atoms with Crippen LogP contribution in [0.15, 0.2) is 48.0 Å². The SMILES string of the molecule is C=CCNC(=NCCCOc1ccccc1)NCC.I. The molecule has 1 aromatic carbocycles. The quantitative estimate of drug-likeness (QED) is 0.236. The predicted molar refractivity (Wildman–Crippen MR) is 96.1 cm³/mol. The molecule has 0 aromatic heterocycles. The van der Waals surface area contributed by atoms with Crippen molar-refractivity contribution in [1.82, 2.24) is 10.6 Å². The molecule has 0 spiro atoms. The number of guanidine groups is 1. The first kappa shape index (κ1) is 18.8. The Morgan fingerprint density at radius 3 is 2.70 bits per heavy atom. The van der Waals surface area contributed by atoms with Gasteiger partial charge >= 0.3 is 0 Å². The molecule has 0 saturated carbocycles. The van der Waals surface area contributed by atoms with E-state index in [0.29, 0.717) is 13.2 Å². The van der Waals surface area contributed by atoms with Crippen LogP contribution in [0.1, 0.15) is 13.3 Å². The molecule has 0 unspecified atom stereocenters. The minimum Gasteiger partial charge on any atom is -0.494 e. The number of aliphatic imine (C=N–C) groups is 1. The third-order valence-corrected chi connectivity index (χ3v) is 2.34. The van der Waals surface area contributed by atoms with E-state index in [-0.39, 0.29) is 24.0 Å². The molecule has 1 rings (SSSR count). The minimum atomic E-state index is 0. The number of nitrogens with one attached hydrogen (secondary N) is 2. The van der Waals surface area contributed by atoms with Crippen LogP contribution < -0.4 is 15.4 Å². The Balaban J connectivity index is 0.00000361. The number of ether oxygens (including phenoxy) is 1. The van der Waals surface area contributed by atoms with Crippen molar-refractivity contribution in [2.75, 3.05) is 26.2 Å². The number of para-hydroxylation sites is 1. The summed E-state index contributed by atoms with van der Waals surface area (Å²) in [6.45, 7) is 8.69. The molecule has 0 aliphatic rings. The highest BCUT2D eigenvalue weighted by molar-refractivity contribution is 14.0. The zero-order chi connectivity index (χ0) is 13.8. The lowest BCUT2D eigenvalue weighted by Gasteiger charge is -2.09. The second-order valence-corrected chi connectivity index (χ2v) is 3.95. The minimum absolute atomic E-state index is 0. The van der Waals surface area contributed by atoms with Gasteiger partial charge in [-0.3, -0.25) is 4.99 Å². The van der Waals surface area contributed by atoms with E-state index in [1.54, 1.807) is 0 Å². The molecule has 20 heavy (non-hydrogen) atoms. The lowest BCUT2D eigenvalue weighted by atomic mass is 10.3. The highest BCUT2D eigenvalue weighted by Crippen LogP contribution is 2.08. The number of nitrogens with zero attached hydrogens (tertiary/aromatic N) is 1. The van der Waals surface area contributed by atoms with Crippen LogP contribution in [0.4, 0.5) is 0 Å². The van der Waals surface area contributed by atoms with E-state index in [2.05, 4.69) is 22.2 Å². The normalized spacial score (nSPS) is 10.3. The molecule has 0 bridgehead atoms. The molecule has 5 heteroatoms. The average molecular weight is 389 g/mol. The number of hydrogen-bond acceptors (Lipinski definition) is 2. The molecule has 1 aromatic rings. The van der Waals surface area contributed by atoms with Crippen molar-refractivity contribution in [1.29, 1.82) is 0 Å². The third kappa shape index (κ3) is 8.79. The van der Waals surface area contributed by atoms with Crippen LogP contribution in [0, 0.1) is 0 Å². The first-order valence-electron chi connectivity index (χ1n) is 6.67. The van der Waals surface area contributed by atoms with E-state index in [0.717, 1.165) is 31.2 Å². The summed E-state index contributed by atoms with van der Waals surface area (Å²) in [6.07, 6.45) is 2.70. The summed E-state index contributed by atoms with van der Waals surface area (Å²) in [6, 6.07) is 9.83. The first-order chi connectivity index (χ1) is 9.36. The van der Waals surface area contributed by atoms with Crippen molar-refractivity contribution in [3.05, 3.63) is 43.0 Å². The summed E-state index contributed by atoms with van der Waals surface area (Å²) in [5, 5.41) is 6.34. The smallest absolute Gasteiger partial charge is 0.191 e. The maximum Gasteiger partial charge on any atom is 0.191 e. The van der Waals surface area contributed by atoms with E-state index < -0.39 is 0 Å². The number of benzene rings is 1. The summed E-state index contributed by atoms with van der Waals surface area (Å²) in [5.41, 5.74) is 0.